The van der Waals surface area contributed by atoms with Crippen LogP contribution in [-0.4, -0.2) is 4.57 Å². The van der Waals surface area contributed by atoms with Crippen LogP contribution in [0.4, 0.5) is 0 Å². The SMILES string of the molecule is CC[n+]1c(C)c(C)n(-c2c(C)cc(C)cc2C)c1-c1ccccc1C. The van der Waals surface area contributed by atoms with Crippen molar-refractivity contribution in [3.8, 4) is 17.1 Å². The Morgan fingerprint density at radius 3 is 2.00 bits per heavy atom. The van der Waals surface area contributed by atoms with Crippen LogP contribution in [0.25, 0.3) is 17.1 Å². The summed E-state index contributed by atoms with van der Waals surface area (Å²) in [5, 5.41) is 0. The second-order valence-corrected chi connectivity index (χ2v) is 7.14. The molecular weight excluding hydrogens is 304 g/mol. The van der Waals surface area contributed by atoms with Gasteiger partial charge < -0.3 is 0 Å². The monoisotopic (exact) mass is 333 g/mol. The molecule has 0 saturated carbocycles. The fourth-order valence-corrected chi connectivity index (χ4v) is 4.07. The van der Waals surface area contributed by atoms with Gasteiger partial charge in [-0.25, -0.2) is 4.57 Å². The quantitative estimate of drug-likeness (QED) is 0.575. The minimum Gasteiger partial charge on any atom is -0.227 e. The Hall–Kier alpha value is -2.35. The first-order valence-corrected chi connectivity index (χ1v) is 9.12. The number of aryl methyl sites for hydroxylation is 4. The van der Waals surface area contributed by atoms with E-state index in [-0.39, 0.29) is 0 Å². The van der Waals surface area contributed by atoms with Gasteiger partial charge in [-0.3, -0.25) is 0 Å². The van der Waals surface area contributed by atoms with Gasteiger partial charge in [0.1, 0.15) is 17.1 Å². The van der Waals surface area contributed by atoms with E-state index in [9.17, 15) is 0 Å². The molecule has 0 atom stereocenters. The standard InChI is InChI=1S/C23H29N2/c1-8-24-19(6)20(7)25(22-17(4)13-15(2)14-18(22)5)23(24)21-12-10-9-11-16(21)3/h9-14H,8H2,1-7H3/q+1. The van der Waals surface area contributed by atoms with Crippen molar-refractivity contribution < 1.29 is 4.57 Å². The van der Waals surface area contributed by atoms with Gasteiger partial charge >= 0.3 is 0 Å². The van der Waals surface area contributed by atoms with E-state index >= 15 is 0 Å². The number of hydrogen-bond donors (Lipinski definition) is 0. The molecule has 3 rings (SSSR count). The highest BCUT2D eigenvalue weighted by Gasteiger charge is 2.30. The van der Waals surface area contributed by atoms with Gasteiger partial charge in [-0.2, -0.15) is 4.57 Å². The van der Waals surface area contributed by atoms with E-state index in [1.165, 1.54) is 50.7 Å². The zero-order valence-electron chi connectivity index (χ0n) is 16.6. The van der Waals surface area contributed by atoms with Gasteiger partial charge in [0.05, 0.1) is 12.1 Å². The summed E-state index contributed by atoms with van der Waals surface area (Å²) in [6, 6.07) is 13.3. The van der Waals surface area contributed by atoms with Crippen LogP contribution >= 0.6 is 0 Å². The van der Waals surface area contributed by atoms with Crippen molar-refractivity contribution in [3.63, 3.8) is 0 Å². The summed E-state index contributed by atoms with van der Waals surface area (Å²) in [6.45, 7) is 16.5. The number of nitrogens with zero attached hydrogens (tertiary/aromatic N) is 2. The summed E-state index contributed by atoms with van der Waals surface area (Å²) in [7, 11) is 0. The van der Waals surface area contributed by atoms with E-state index in [0.29, 0.717) is 0 Å². The average molecular weight is 333 g/mol. The summed E-state index contributed by atoms with van der Waals surface area (Å²) in [6.07, 6.45) is 0. The zero-order chi connectivity index (χ0) is 18.3. The molecule has 1 aromatic heterocycles. The molecule has 0 aliphatic rings. The number of hydrogen-bond acceptors (Lipinski definition) is 0. The predicted molar refractivity (Wildman–Crippen MR) is 105 cm³/mol. The van der Waals surface area contributed by atoms with Crippen molar-refractivity contribution in [1.82, 2.24) is 4.57 Å². The van der Waals surface area contributed by atoms with E-state index in [1.54, 1.807) is 0 Å². The molecule has 0 bridgehead atoms. The maximum absolute atomic E-state index is 2.46. The number of imidazole rings is 1. The third-order valence-electron chi connectivity index (χ3n) is 5.29. The normalized spacial score (nSPS) is 11.2. The second-order valence-electron chi connectivity index (χ2n) is 7.14. The predicted octanol–water partition coefficient (Wildman–Crippen LogP) is 5.30. The molecule has 0 aliphatic heterocycles. The lowest BCUT2D eigenvalue weighted by Crippen LogP contribution is -2.36. The highest BCUT2D eigenvalue weighted by Crippen LogP contribution is 2.31. The van der Waals surface area contributed by atoms with E-state index < -0.39 is 0 Å². The van der Waals surface area contributed by atoms with Crippen LogP contribution in [0.1, 0.15) is 40.6 Å². The molecule has 0 N–H and O–H groups in total. The Morgan fingerprint density at radius 1 is 0.840 bits per heavy atom. The van der Waals surface area contributed by atoms with Gasteiger partial charge in [-0.1, -0.05) is 35.9 Å². The summed E-state index contributed by atoms with van der Waals surface area (Å²) in [5.41, 5.74) is 10.6. The largest absolute Gasteiger partial charge is 0.294 e. The molecule has 2 nitrogen and oxygen atoms in total. The first kappa shape index (κ1) is 17.5. The molecule has 0 unspecified atom stereocenters. The second kappa shape index (κ2) is 6.51. The third-order valence-corrected chi connectivity index (χ3v) is 5.29. The summed E-state index contributed by atoms with van der Waals surface area (Å²) in [4.78, 5) is 0. The highest BCUT2D eigenvalue weighted by molar-refractivity contribution is 5.63. The fourth-order valence-electron chi connectivity index (χ4n) is 4.07. The molecular formula is C23H29N2+. The summed E-state index contributed by atoms with van der Waals surface area (Å²) < 4.78 is 4.90. The molecule has 0 amide bonds. The molecule has 0 fully saturated rings. The van der Waals surface area contributed by atoms with Gasteiger partial charge in [0, 0.05) is 13.8 Å². The molecule has 0 aliphatic carbocycles. The van der Waals surface area contributed by atoms with E-state index in [2.05, 4.69) is 94.0 Å². The van der Waals surface area contributed by atoms with E-state index in [0.717, 1.165) is 6.54 Å². The van der Waals surface area contributed by atoms with Crippen LogP contribution in [0.15, 0.2) is 36.4 Å². The van der Waals surface area contributed by atoms with Gasteiger partial charge in [0.2, 0.25) is 0 Å². The van der Waals surface area contributed by atoms with Gasteiger partial charge in [-0.15, -0.1) is 0 Å². The number of rotatable bonds is 3. The van der Waals surface area contributed by atoms with Crippen LogP contribution in [0.2, 0.25) is 0 Å². The van der Waals surface area contributed by atoms with Crippen LogP contribution in [-0.2, 0) is 6.54 Å². The number of aromatic nitrogens is 2. The summed E-state index contributed by atoms with van der Waals surface area (Å²) in [5.74, 6) is 1.28. The molecule has 130 valence electrons. The Balaban J connectivity index is 2.45. The molecule has 0 spiro atoms. The summed E-state index contributed by atoms with van der Waals surface area (Å²) >= 11 is 0. The molecule has 1 heterocycles. The maximum Gasteiger partial charge on any atom is 0.294 e. The van der Waals surface area contributed by atoms with Crippen molar-refractivity contribution in [2.45, 2.75) is 55.0 Å². The zero-order valence-corrected chi connectivity index (χ0v) is 16.6. The number of benzene rings is 2. The minimum atomic E-state index is 0.966. The van der Waals surface area contributed by atoms with Crippen LogP contribution in [0.3, 0.4) is 0 Å². The van der Waals surface area contributed by atoms with Crippen LogP contribution in [0.5, 0.6) is 0 Å². The molecule has 2 aromatic carbocycles. The van der Waals surface area contributed by atoms with Crippen molar-refractivity contribution in [2.75, 3.05) is 0 Å². The highest BCUT2D eigenvalue weighted by atomic mass is 15.2. The Morgan fingerprint density at radius 2 is 1.44 bits per heavy atom. The topological polar surface area (TPSA) is 8.81 Å². The van der Waals surface area contributed by atoms with Gasteiger partial charge in [0.15, 0.2) is 0 Å². The minimum absolute atomic E-state index is 0.966. The molecule has 25 heavy (non-hydrogen) atoms. The van der Waals surface area contributed by atoms with E-state index in [1.807, 2.05) is 0 Å². The van der Waals surface area contributed by atoms with Gasteiger partial charge in [-0.05, 0) is 57.4 Å². The van der Waals surface area contributed by atoms with Gasteiger partial charge in [0.25, 0.3) is 5.82 Å². The lowest BCUT2D eigenvalue weighted by molar-refractivity contribution is -0.687. The molecule has 0 radical (unpaired) electrons. The smallest absolute Gasteiger partial charge is 0.227 e. The maximum atomic E-state index is 2.46. The molecule has 0 saturated heterocycles. The lowest BCUT2D eigenvalue weighted by Gasteiger charge is -2.12. The first-order chi connectivity index (χ1) is 11.9. The third kappa shape index (κ3) is 2.80. The van der Waals surface area contributed by atoms with Crippen LogP contribution < -0.4 is 4.57 Å². The Bertz CT molecular complexity index is 922. The van der Waals surface area contributed by atoms with Crippen molar-refractivity contribution in [1.29, 1.82) is 0 Å². The Kier molecular flexibility index (Phi) is 4.55. The van der Waals surface area contributed by atoms with E-state index in [4.69, 9.17) is 0 Å². The average Bonchev–Trinajstić information content (AvgIpc) is 2.79. The van der Waals surface area contributed by atoms with Crippen molar-refractivity contribution in [2.24, 2.45) is 0 Å². The van der Waals surface area contributed by atoms with Crippen molar-refractivity contribution >= 4 is 0 Å². The first-order valence-electron chi connectivity index (χ1n) is 9.12. The Labute approximate surface area is 151 Å². The lowest BCUT2D eigenvalue weighted by atomic mass is 10.0. The van der Waals surface area contributed by atoms with Crippen LogP contribution in [0, 0.1) is 41.5 Å². The fraction of sp³-hybridized carbons (Fsp3) is 0.348. The van der Waals surface area contributed by atoms with Crippen molar-refractivity contribution in [3.05, 3.63) is 70.0 Å². The molecule has 2 heteroatoms. The molecule has 3 aromatic rings.